The molecule has 0 aliphatic heterocycles. The average Bonchev–Trinajstić information content (AvgIpc) is 2.98. The van der Waals surface area contributed by atoms with Crippen LogP contribution in [0.3, 0.4) is 0 Å². The fraction of sp³-hybridized carbons (Fsp3) is 0.333. The van der Waals surface area contributed by atoms with E-state index in [4.69, 9.17) is 0 Å². The molecule has 2 unspecified atom stereocenters. The standard InChI is InChI=1S/C24H26FO2.Y/c1-2-3-4-8-11-20-21(25)16-22(26)23(20)17-12-14-19(15-13-17)24(27)18-9-6-5-7-10-18;/h4-10,12-15,20-23,26H,1-3,11,16H2;/q-1;/b8-4-;/t20?,21-,22-,23?;/m1./s1. The van der Waals surface area contributed by atoms with E-state index in [1.54, 1.807) is 24.3 Å². The van der Waals surface area contributed by atoms with E-state index in [2.05, 4.69) is 6.92 Å². The number of alkyl halides is 1. The molecular formula is C24H26FO2Y-. The molecule has 0 heterocycles. The molecule has 28 heavy (non-hydrogen) atoms. The summed E-state index contributed by atoms with van der Waals surface area (Å²) in [5.74, 6) is -0.521. The third-order valence-electron chi connectivity index (χ3n) is 5.35. The van der Waals surface area contributed by atoms with Gasteiger partial charge in [-0.25, -0.2) is 4.39 Å². The Hall–Kier alpha value is -1.16. The molecule has 1 aliphatic carbocycles. The van der Waals surface area contributed by atoms with Crippen LogP contribution in [-0.4, -0.2) is 23.2 Å². The largest absolute Gasteiger partial charge is 0.392 e. The van der Waals surface area contributed by atoms with Crippen molar-refractivity contribution in [3.8, 4) is 0 Å². The molecule has 1 radical (unpaired) electrons. The summed E-state index contributed by atoms with van der Waals surface area (Å²) in [6.07, 6.45) is 4.80. The maximum absolute atomic E-state index is 14.5. The van der Waals surface area contributed by atoms with E-state index in [0.29, 0.717) is 17.5 Å². The number of allylic oxidation sites excluding steroid dienone is 2. The number of aliphatic hydroxyl groups is 1. The minimum atomic E-state index is -1.01. The molecule has 1 saturated carbocycles. The topological polar surface area (TPSA) is 37.3 Å². The SMILES string of the molecule is [CH2-]CC/C=C\CC1C(c2ccc(C(=O)c3ccccc3)cc2)[C@H](O)C[C@H]1F.[Y]. The Morgan fingerprint density at radius 1 is 1.07 bits per heavy atom. The molecule has 145 valence electrons. The first-order valence-electron chi connectivity index (χ1n) is 9.58. The predicted molar refractivity (Wildman–Crippen MR) is 106 cm³/mol. The van der Waals surface area contributed by atoms with Crippen LogP contribution in [0.25, 0.3) is 0 Å². The maximum atomic E-state index is 14.5. The zero-order chi connectivity index (χ0) is 19.2. The Bertz CT molecular complexity index is 773. The van der Waals surface area contributed by atoms with Gasteiger partial charge in [0.05, 0.1) is 6.10 Å². The first kappa shape index (κ1) is 23.1. The van der Waals surface area contributed by atoms with Gasteiger partial charge in [-0.3, -0.25) is 4.79 Å². The third-order valence-corrected chi connectivity index (χ3v) is 5.35. The van der Waals surface area contributed by atoms with Gasteiger partial charge in [-0.2, -0.15) is 6.42 Å². The van der Waals surface area contributed by atoms with Crippen molar-refractivity contribution in [3.63, 3.8) is 0 Å². The molecule has 2 aromatic carbocycles. The van der Waals surface area contributed by atoms with Crippen LogP contribution in [0.4, 0.5) is 4.39 Å². The molecule has 4 heteroatoms. The Labute approximate surface area is 192 Å². The van der Waals surface area contributed by atoms with E-state index < -0.39 is 12.3 Å². The van der Waals surface area contributed by atoms with Gasteiger partial charge in [0, 0.05) is 62.1 Å². The first-order chi connectivity index (χ1) is 13.1. The van der Waals surface area contributed by atoms with Gasteiger partial charge in [-0.1, -0.05) is 73.2 Å². The van der Waals surface area contributed by atoms with E-state index >= 15 is 0 Å². The zero-order valence-electron chi connectivity index (χ0n) is 16.0. The molecule has 2 aromatic rings. The van der Waals surface area contributed by atoms with E-state index in [0.717, 1.165) is 18.4 Å². The summed E-state index contributed by atoms with van der Waals surface area (Å²) in [4.78, 5) is 12.5. The fourth-order valence-electron chi connectivity index (χ4n) is 3.93. The second kappa shape index (κ2) is 11.1. The van der Waals surface area contributed by atoms with Crippen molar-refractivity contribution in [2.75, 3.05) is 0 Å². The Morgan fingerprint density at radius 3 is 2.36 bits per heavy atom. The summed E-state index contributed by atoms with van der Waals surface area (Å²) in [5, 5.41) is 10.4. The molecule has 2 nitrogen and oxygen atoms in total. The quantitative estimate of drug-likeness (QED) is 0.351. The van der Waals surface area contributed by atoms with Crippen molar-refractivity contribution in [2.24, 2.45) is 5.92 Å². The van der Waals surface area contributed by atoms with Gasteiger partial charge in [0.15, 0.2) is 5.78 Å². The normalized spacial score (nSPS) is 24.2. The number of aliphatic hydroxyl groups excluding tert-OH is 1. The first-order valence-corrected chi connectivity index (χ1v) is 9.58. The van der Waals surface area contributed by atoms with Gasteiger partial charge in [0.2, 0.25) is 0 Å². The summed E-state index contributed by atoms with van der Waals surface area (Å²) < 4.78 is 14.5. The molecular weight excluding hydrogens is 428 g/mol. The minimum absolute atomic E-state index is 0. The smallest absolute Gasteiger partial charge is 0.193 e. The third kappa shape index (κ3) is 5.46. The van der Waals surface area contributed by atoms with Gasteiger partial charge in [0.1, 0.15) is 6.17 Å². The minimum Gasteiger partial charge on any atom is -0.392 e. The zero-order valence-corrected chi connectivity index (χ0v) is 18.8. The molecule has 1 fully saturated rings. The second-order valence-electron chi connectivity index (χ2n) is 7.18. The fourth-order valence-corrected chi connectivity index (χ4v) is 3.93. The van der Waals surface area contributed by atoms with Crippen LogP contribution < -0.4 is 0 Å². The molecule has 3 rings (SSSR count). The summed E-state index contributed by atoms with van der Waals surface area (Å²) in [6, 6.07) is 16.4. The molecule has 0 bridgehead atoms. The van der Waals surface area contributed by atoms with Gasteiger partial charge >= 0.3 is 0 Å². The van der Waals surface area contributed by atoms with E-state index in [1.807, 2.05) is 42.5 Å². The number of benzene rings is 2. The predicted octanol–water partition coefficient (Wildman–Crippen LogP) is 5.28. The van der Waals surface area contributed by atoms with Crippen LogP contribution >= 0.6 is 0 Å². The van der Waals surface area contributed by atoms with Crippen molar-refractivity contribution in [3.05, 3.63) is 90.4 Å². The summed E-state index contributed by atoms with van der Waals surface area (Å²) in [7, 11) is 0. The van der Waals surface area contributed by atoms with Gasteiger partial charge < -0.3 is 12.0 Å². The van der Waals surface area contributed by atoms with Gasteiger partial charge in [0.25, 0.3) is 0 Å². The van der Waals surface area contributed by atoms with Crippen molar-refractivity contribution in [1.82, 2.24) is 0 Å². The molecule has 1 aliphatic rings. The van der Waals surface area contributed by atoms with Crippen LogP contribution in [0.5, 0.6) is 0 Å². The van der Waals surface area contributed by atoms with Crippen molar-refractivity contribution in [1.29, 1.82) is 0 Å². The van der Waals surface area contributed by atoms with Crippen LogP contribution in [-0.2, 0) is 32.7 Å². The van der Waals surface area contributed by atoms with Crippen LogP contribution in [0, 0.1) is 12.8 Å². The van der Waals surface area contributed by atoms with Gasteiger partial charge in [-0.05, 0) is 12.0 Å². The van der Waals surface area contributed by atoms with E-state index in [-0.39, 0.29) is 56.7 Å². The number of hydrogen-bond donors (Lipinski definition) is 1. The summed E-state index contributed by atoms with van der Waals surface area (Å²) in [5.41, 5.74) is 2.13. The molecule has 0 spiro atoms. The maximum Gasteiger partial charge on any atom is 0.193 e. The van der Waals surface area contributed by atoms with Crippen molar-refractivity contribution < 1.29 is 47.0 Å². The van der Waals surface area contributed by atoms with E-state index in [1.165, 1.54) is 0 Å². The van der Waals surface area contributed by atoms with Crippen LogP contribution in [0.15, 0.2) is 66.7 Å². The van der Waals surface area contributed by atoms with Gasteiger partial charge in [-0.15, -0.1) is 0 Å². The molecule has 0 saturated heterocycles. The number of halogens is 1. The average molecular weight is 454 g/mol. The number of unbranched alkanes of at least 4 members (excludes halogenated alkanes) is 1. The number of hydrogen-bond acceptors (Lipinski definition) is 2. The Morgan fingerprint density at radius 2 is 1.71 bits per heavy atom. The Balaban J connectivity index is 0.00000280. The molecule has 1 N–H and O–H groups in total. The van der Waals surface area contributed by atoms with Crippen LogP contribution in [0.2, 0.25) is 0 Å². The molecule has 4 atom stereocenters. The Kier molecular flexibility index (Phi) is 9.20. The molecule has 0 aromatic heterocycles. The number of carbonyl (C=O) groups excluding carboxylic acids is 1. The molecule has 0 amide bonds. The van der Waals surface area contributed by atoms with Crippen LogP contribution in [0.1, 0.15) is 53.1 Å². The monoisotopic (exact) mass is 454 g/mol. The summed E-state index contributed by atoms with van der Waals surface area (Å²) in [6.45, 7) is 3.80. The number of rotatable bonds is 7. The summed E-state index contributed by atoms with van der Waals surface area (Å²) >= 11 is 0. The number of carbonyl (C=O) groups is 1. The number of ketones is 1. The van der Waals surface area contributed by atoms with E-state index in [9.17, 15) is 14.3 Å². The van der Waals surface area contributed by atoms with Crippen molar-refractivity contribution >= 4 is 5.78 Å². The second-order valence-corrected chi connectivity index (χ2v) is 7.18. The van der Waals surface area contributed by atoms with Crippen molar-refractivity contribution in [2.45, 2.75) is 43.9 Å².